The lowest BCUT2D eigenvalue weighted by molar-refractivity contribution is -0.138. The van der Waals surface area contributed by atoms with E-state index in [1.54, 1.807) is 30.7 Å². The molecule has 0 bridgehead atoms. The number of piperidine rings is 1. The molecule has 228 valence electrons. The maximum atomic E-state index is 14.4. The lowest BCUT2D eigenvalue weighted by Crippen LogP contribution is -2.56. The average Bonchev–Trinajstić information content (AvgIpc) is 3.63. The number of anilines is 2. The zero-order chi connectivity index (χ0) is 30.4. The van der Waals surface area contributed by atoms with Crippen LogP contribution in [0.4, 0.5) is 15.9 Å². The number of carbonyl (C=O) groups excluding carboxylic acids is 2. The molecular formula is C33H36FN7O3. The number of hydrogen-bond donors (Lipinski definition) is 2. The highest BCUT2D eigenvalue weighted by molar-refractivity contribution is 5.96. The molecule has 0 unspecified atom stereocenters. The van der Waals surface area contributed by atoms with E-state index in [-0.39, 0.29) is 29.0 Å². The first-order chi connectivity index (χ1) is 21.3. The number of rotatable bonds is 6. The van der Waals surface area contributed by atoms with Crippen LogP contribution in [0.3, 0.4) is 0 Å². The zero-order valence-corrected chi connectivity index (χ0v) is 25.0. The van der Waals surface area contributed by atoms with E-state index in [1.165, 1.54) is 13.2 Å². The Kier molecular flexibility index (Phi) is 7.20. The van der Waals surface area contributed by atoms with Gasteiger partial charge in [-0.05, 0) is 74.6 Å². The predicted octanol–water partition coefficient (Wildman–Crippen LogP) is 4.41. The van der Waals surface area contributed by atoms with Gasteiger partial charge in [-0.3, -0.25) is 14.0 Å². The van der Waals surface area contributed by atoms with E-state index in [1.807, 2.05) is 39.3 Å². The minimum atomic E-state index is -0.447. The monoisotopic (exact) mass is 597 g/mol. The zero-order valence-electron chi connectivity index (χ0n) is 25.0. The molecule has 11 heteroatoms. The van der Waals surface area contributed by atoms with Crippen molar-refractivity contribution in [3.63, 3.8) is 0 Å². The van der Waals surface area contributed by atoms with Crippen LogP contribution < -0.4 is 15.4 Å². The van der Waals surface area contributed by atoms with Gasteiger partial charge in [-0.2, -0.15) is 0 Å². The molecule has 7 rings (SSSR count). The number of benzene rings is 2. The number of halogens is 1. The molecule has 3 fully saturated rings. The molecule has 2 saturated heterocycles. The second-order valence-electron chi connectivity index (χ2n) is 12.2. The van der Waals surface area contributed by atoms with Gasteiger partial charge in [0.2, 0.25) is 5.91 Å². The van der Waals surface area contributed by atoms with Gasteiger partial charge >= 0.3 is 0 Å². The summed E-state index contributed by atoms with van der Waals surface area (Å²) in [6, 6.07) is 10.4. The molecule has 0 atom stereocenters. The van der Waals surface area contributed by atoms with Crippen LogP contribution in [0.1, 0.15) is 41.6 Å². The fourth-order valence-electron chi connectivity index (χ4n) is 6.55. The fourth-order valence-corrected chi connectivity index (χ4v) is 6.55. The molecule has 2 aliphatic heterocycles. The van der Waals surface area contributed by atoms with E-state index < -0.39 is 5.82 Å². The summed E-state index contributed by atoms with van der Waals surface area (Å²) in [6.07, 6.45) is 8.83. The molecule has 2 N–H and O–H groups in total. The van der Waals surface area contributed by atoms with Gasteiger partial charge in [-0.15, -0.1) is 0 Å². The number of nitrogens with zero attached hydrogens (tertiary/aromatic N) is 5. The summed E-state index contributed by atoms with van der Waals surface area (Å²) in [5.41, 5.74) is 4.40. The molecule has 44 heavy (non-hydrogen) atoms. The normalized spacial score (nSPS) is 18.1. The van der Waals surface area contributed by atoms with Crippen LogP contribution in [0.5, 0.6) is 5.75 Å². The van der Waals surface area contributed by atoms with Crippen LogP contribution in [0.25, 0.3) is 16.9 Å². The van der Waals surface area contributed by atoms with Gasteiger partial charge in [0.15, 0.2) is 23.0 Å². The number of ether oxygens (including phenoxy) is 1. The smallest absolute Gasteiger partial charge is 0.254 e. The average molecular weight is 598 g/mol. The number of carbonyl (C=O) groups is 2. The van der Waals surface area contributed by atoms with Gasteiger partial charge in [-0.25, -0.2) is 14.4 Å². The van der Waals surface area contributed by atoms with Gasteiger partial charge in [0.1, 0.15) is 0 Å². The third-order valence-corrected chi connectivity index (χ3v) is 9.27. The molecule has 2 amide bonds. The number of imidazole rings is 1. The van der Waals surface area contributed by atoms with Crippen molar-refractivity contribution in [1.29, 1.82) is 0 Å². The van der Waals surface area contributed by atoms with E-state index in [9.17, 15) is 14.0 Å². The summed E-state index contributed by atoms with van der Waals surface area (Å²) in [7, 11) is 1.43. The van der Waals surface area contributed by atoms with E-state index >= 15 is 0 Å². The lowest BCUT2D eigenvalue weighted by atomic mass is 9.93. The number of aryl methyl sites for hydroxylation is 1. The minimum absolute atomic E-state index is 0.0103. The number of aromatic nitrogens is 3. The first kappa shape index (κ1) is 28.3. The van der Waals surface area contributed by atoms with Crippen molar-refractivity contribution in [2.75, 3.05) is 45.2 Å². The van der Waals surface area contributed by atoms with Crippen LogP contribution in [0.15, 0.2) is 55.0 Å². The van der Waals surface area contributed by atoms with E-state index in [4.69, 9.17) is 4.74 Å². The Morgan fingerprint density at radius 1 is 1.07 bits per heavy atom. The van der Waals surface area contributed by atoms with Gasteiger partial charge in [0.05, 0.1) is 19.0 Å². The molecule has 4 aromatic rings. The predicted molar refractivity (Wildman–Crippen MR) is 165 cm³/mol. The Labute approximate surface area is 255 Å². The summed E-state index contributed by atoms with van der Waals surface area (Å²) in [4.78, 5) is 39.6. The van der Waals surface area contributed by atoms with Crippen LogP contribution >= 0.6 is 0 Å². The van der Waals surface area contributed by atoms with E-state index in [0.29, 0.717) is 48.5 Å². The number of nitrogens with one attached hydrogen (secondary N) is 2. The van der Waals surface area contributed by atoms with E-state index in [2.05, 4.69) is 20.6 Å². The number of methoxy groups -OCH3 is 1. The largest absolute Gasteiger partial charge is 0.494 e. The fraction of sp³-hybridized carbons (Fsp3) is 0.394. The second kappa shape index (κ2) is 11.2. The molecule has 1 aliphatic carbocycles. The first-order valence-electron chi connectivity index (χ1n) is 15.2. The van der Waals surface area contributed by atoms with E-state index in [0.717, 1.165) is 49.4 Å². The quantitative estimate of drug-likeness (QED) is 0.339. The Bertz CT molecular complexity index is 1740. The minimum Gasteiger partial charge on any atom is -0.494 e. The Balaban J connectivity index is 1.01. The molecule has 1 spiro atoms. The van der Waals surface area contributed by atoms with Gasteiger partial charge in [0.25, 0.3) is 5.91 Å². The Hall–Kier alpha value is -4.51. The maximum Gasteiger partial charge on any atom is 0.254 e. The topological polar surface area (TPSA) is 104 Å². The third kappa shape index (κ3) is 5.25. The third-order valence-electron chi connectivity index (χ3n) is 9.27. The molecule has 10 nitrogen and oxygen atoms in total. The highest BCUT2D eigenvalue weighted by Gasteiger charge is 2.47. The number of piperazine rings is 1. The maximum absolute atomic E-state index is 14.4. The van der Waals surface area contributed by atoms with Crippen molar-refractivity contribution in [1.82, 2.24) is 29.5 Å². The molecule has 2 aromatic heterocycles. The van der Waals surface area contributed by atoms with Crippen molar-refractivity contribution in [2.45, 2.75) is 38.1 Å². The number of hydrogen-bond acceptors (Lipinski definition) is 7. The molecule has 1 saturated carbocycles. The standard InChI is InChI=1S/C33H36FN7O3/c1-21-17-24(38-29-30-36-19-27(41(30)16-11-35-29)23-3-6-28(44-2)26(34)18-23)4-5-25(21)32(43)39-13-7-22(8-14-39)31(42)40-15-12-37-33(20-40)9-10-33/h3-6,11,16-19,22,37H,7-10,12-15,20H2,1-2H3,(H,35,38). The van der Waals surface area contributed by atoms with Crippen molar-refractivity contribution in [3.8, 4) is 17.0 Å². The first-order valence-corrected chi connectivity index (χ1v) is 15.2. The SMILES string of the molecule is COc1ccc(-c2cnc3c(Nc4ccc(C(=O)N5CCC(C(=O)N6CCNC7(CC7)C6)CC5)c(C)c4)nccn23)cc1F. The molecular weight excluding hydrogens is 561 g/mol. The Morgan fingerprint density at radius 2 is 1.89 bits per heavy atom. The summed E-state index contributed by atoms with van der Waals surface area (Å²) >= 11 is 0. The van der Waals surface area contributed by atoms with Gasteiger partial charge < -0.3 is 25.2 Å². The van der Waals surface area contributed by atoms with Crippen molar-refractivity contribution in [2.24, 2.45) is 5.92 Å². The summed E-state index contributed by atoms with van der Waals surface area (Å²) in [6.45, 7) is 5.54. The second-order valence-corrected chi connectivity index (χ2v) is 12.2. The summed E-state index contributed by atoms with van der Waals surface area (Å²) in [5, 5.41) is 6.89. The number of likely N-dealkylation sites (tertiary alicyclic amines) is 1. The van der Waals surface area contributed by atoms with Crippen LogP contribution in [0.2, 0.25) is 0 Å². The van der Waals surface area contributed by atoms with Crippen LogP contribution in [-0.2, 0) is 4.79 Å². The number of fused-ring (bicyclic) bond motifs is 1. The summed E-state index contributed by atoms with van der Waals surface area (Å²) in [5.74, 6) is 0.500. The molecule has 3 aliphatic rings. The molecule has 4 heterocycles. The number of amides is 2. The lowest BCUT2D eigenvalue weighted by Gasteiger charge is -2.38. The Morgan fingerprint density at radius 3 is 2.61 bits per heavy atom. The summed E-state index contributed by atoms with van der Waals surface area (Å²) < 4.78 is 21.3. The molecule has 0 radical (unpaired) electrons. The van der Waals surface area contributed by atoms with Crippen molar-refractivity contribution in [3.05, 3.63) is 71.9 Å². The van der Waals surface area contributed by atoms with Crippen LogP contribution in [0, 0.1) is 18.7 Å². The van der Waals surface area contributed by atoms with Crippen molar-refractivity contribution < 1.29 is 18.7 Å². The van der Waals surface area contributed by atoms with Gasteiger partial charge in [0, 0.05) is 73.4 Å². The van der Waals surface area contributed by atoms with Gasteiger partial charge in [-0.1, -0.05) is 0 Å². The van der Waals surface area contributed by atoms with Crippen LogP contribution in [-0.4, -0.2) is 81.4 Å². The highest BCUT2D eigenvalue weighted by atomic mass is 19.1. The van der Waals surface area contributed by atoms with Crippen molar-refractivity contribution >= 4 is 29.0 Å². The highest BCUT2D eigenvalue weighted by Crippen LogP contribution is 2.38. The molecule has 2 aromatic carbocycles.